The number of likely N-dealkylation sites (N-methyl/N-ethyl adjacent to an activating group) is 1. The maximum Gasteiger partial charge on any atom is 0.392 e. The van der Waals surface area contributed by atoms with E-state index in [9.17, 15) is 17.6 Å². The van der Waals surface area contributed by atoms with Crippen molar-refractivity contribution in [2.75, 3.05) is 18.6 Å². The normalized spacial score (nSPS) is 28.1. The lowest BCUT2D eigenvalue weighted by Crippen LogP contribution is -2.43. The summed E-state index contributed by atoms with van der Waals surface area (Å²) < 4.78 is 63.0. The minimum absolute atomic E-state index is 0.0663. The van der Waals surface area contributed by atoms with E-state index < -0.39 is 23.4 Å². The van der Waals surface area contributed by atoms with E-state index in [4.69, 9.17) is 4.42 Å². The van der Waals surface area contributed by atoms with E-state index in [1.807, 2.05) is 43.5 Å². The molecule has 2 aromatic carbocycles. The summed E-state index contributed by atoms with van der Waals surface area (Å²) >= 11 is 0. The fourth-order valence-electron chi connectivity index (χ4n) is 7.54. The Morgan fingerprint density at radius 1 is 1.02 bits per heavy atom. The Labute approximate surface area is 235 Å². The van der Waals surface area contributed by atoms with Gasteiger partial charge in [-0.25, -0.2) is 9.40 Å². The number of nitrogens with zero attached hydrogens (tertiary/aromatic N) is 4. The van der Waals surface area contributed by atoms with Crippen LogP contribution in [-0.4, -0.2) is 35.0 Å². The van der Waals surface area contributed by atoms with Crippen molar-refractivity contribution in [3.63, 3.8) is 0 Å². The third-order valence-corrected chi connectivity index (χ3v) is 9.40. The van der Waals surface area contributed by atoms with Crippen LogP contribution in [0.5, 0.6) is 0 Å². The van der Waals surface area contributed by atoms with Gasteiger partial charge in [0.2, 0.25) is 11.8 Å². The lowest BCUT2D eigenvalue weighted by Gasteiger charge is -2.50. The summed E-state index contributed by atoms with van der Waals surface area (Å²) in [5.41, 5.74) is 5.75. The van der Waals surface area contributed by atoms with Gasteiger partial charge < -0.3 is 4.42 Å². The van der Waals surface area contributed by atoms with Gasteiger partial charge in [-0.15, -0.1) is 10.2 Å². The number of aromatic nitrogens is 2. The van der Waals surface area contributed by atoms with Gasteiger partial charge in [-0.3, -0.25) is 5.01 Å². The van der Waals surface area contributed by atoms with Crippen LogP contribution in [0, 0.1) is 23.1 Å². The molecule has 3 aliphatic carbocycles. The first-order valence-electron chi connectivity index (χ1n) is 14.0. The molecule has 4 atom stereocenters. The van der Waals surface area contributed by atoms with Crippen molar-refractivity contribution in [3.05, 3.63) is 101 Å². The van der Waals surface area contributed by atoms with Gasteiger partial charge >= 0.3 is 6.18 Å². The number of hydrogen-bond acceptors (Lipinski definition) is 5. The van der Waals surface area contributed by atoms with Crippen molar-refractivity contribution in [3.8, 4) is 11.5 Å². The van der Waals surface area contributed by atoms with Crippen LogP contribution in [0.3, 0.4) is 0 Å². The molecular weight excluding hydrogens is 532 g/mol. The second-order valence-electron chi connectivity index (χ2n) is 11.8. The standard InChI is InChI=1S/C32H30F4N4O/c1-31-17-20-18-39(2)40(23-11-9-22(33)10-12-23)27(20)16-21(31)8-13-24-25(31)14-15-26(32(34,35)36)28(24)30-38-37-29(41-30)19-6-4-3-5-7-19/h3-7,9-12,14,16,24,26,28H,8,13,15,17-18H2,1-2H3/t24-,26+,28+,31-/m0/s1. The van der Waals surface area contributed by atoms with E-state index in [2.05, 4.69) is 33.2 Å². The molecule has 4 aliphatic rings. The van der Waals surface area contributed by atoms with Crippen LogP contribution < -0.4 is 5.01 Å². The molecule has 3 aromatic rings. The van der Waals surface area contributed by atoms with E-state index >= 15 is 0 Å². The number of halogens is 4. The molecule has 1 aromatic heterocycles. The number of rotatable bonds is 3. The van der Waals surface area contributed by atoms with Crippen LogP contribution in [-0.2, 0) is 0 Å². The highest BCUT2D eigenvalue weighted by Gasteiger charge is 2.56. The smallest absolute Gasteiger partial charge is 0.392 e. The number of allylic oxidation sites excluding steroid dienone is 4. The van der Waals surface area contributed by atoms with Crippen molar-refractivity contribution < 1.29 is 22.0 Å². The van der Waals surface area contributed by atoms with Crippen LogP contribution >= 0.6 is 0 Å². The molecule has 7 rings (SSSR count). The predicted molar refractivity (Wildman–Crippen MR) is 147 cm³/mol. The molecule has 0 unspecified atom stereocenters. The molecule has 1 fully saturated rings. The topological polar surface area (TPSA) is 45.4 Å². The van der Waals surface area contributed by atoms with Gasteiger partial charge in [0.25, 0.3) is 0 Å². The zero-order valence-corrected chi connectivity index (χ0v) is 22.8. The first-order valence-corrected chi connectivity index (χ1v) is 14.0. The Morgan fingerprint density at radius 2 is 1.78 bits per heavy atom. The van der Waals surface area contributed by atoms with Crippen LogP contribution in [0.15, 0.2) is 93.6 Å². The quantitative estimate of drug-likeness (QED) is 0.240. The number of alkyl halides is 3. The second kappa shape index (κ2) is 9.41. The Morgan fingerprint density at radius 3 is 2.51 bits per heavy atom. The van der Waals surface area contributed by atoms with E-state index in [0.717, 1.165) is 23.4 Å². The molecule has 212 valence electrons. The van der Waals surface area contributed by atoms with Gasteiger partial charge in [-0.1, -0.05) is 42.3 Å². The molecule has 0 N–H and O–H groups in total. The molecule has 0 saturated heterocycles. The monoisotopic (exact) mass is 562 g/mol. The molecule has 5 nitrogen and oxygen atoms in total. The van der Waals surface area contributed by atoms with Crippen LogP contribution in [0.1, 0.15) is 44.4 Å². The molecule has 9 heteroatoms. The highest BCUT2D eigenvalue weighted by molar-refractivity contribution is 5.61. The Balaban J connectivity index is 1.25. The van der Waals surface area contributed by atoms with Crippen molar-refractivity contribution in [2.24, 2.45) is 17.3 Å². The molecule has 1 saturated carbocycles. The Bertz CT molecular complexity index is 1570. The highest BCUT2D eigenvalue weighted by atomic mass is 19.4. The van der Waals surface area contributed by atoms with E-state index in [-0.39, 0.29) is 29.9 Å². The SMILES string of the molecule is CN1CC2=C(C=C3CC[C@H]4C(=CC[C@@H](C(F)(F)F)[C@@H]4c4nnc(-c5ccccc5)o4)[C@@]3(C)C2)N1c1ccc(F)cc1. The van der Waals surface area contributed by atoms with Crippen molar-refractivity contribution in [1.29, 1.82) is 0 Å². The Kier molecular flexibility index (Phi) is 6.01. The summed E-state index contributed by atoms with van der Waals surface area (Å²) in [6.07, 6.45) is 1.54. The summed E-state index contributed by atoms with van der Waals surface area (Å²) in [5, 5.41) is 12.6. The number of hydrazine groups is 1. The molecule has 1 aliphatic heterocycles. The molecule has 0 amide bonds. The Hall–Kier alpha value is -3.72. The zero-order valence-electron chi connectivity index (χ0n) is 22.8. The van der Waals surface area contributed by atoms with Gasteiger partial charge in [0.15, 0.2) is 0 Å². The summed E-state index contributed by atoms with van der Waals surface area (Å²) in [4.78, 5) is 0. The minimum Gasteiger partial charge on any atom is -0.420 e. The molecule has 0 spiro atoms. The summed E-state index contributed by atoms with van der Waals surface area (Å²) in [6.45, 7) is 2.87. The highest BCUT2D eigenvalue weighted by Crippen LogP contribution is 2.62. The third kappa shape index (κ3) is 4.24. The average Bonchev–Trinajstić information content (AvgIpc) is 3.55. The predicted octanol–water partition coefficient (Wildman–Crippen LogP) is 7.84. The van der Waals surface area contributed by atoms with Crippen LogP contribution in [0.25, 0.3) is 11.5 Å². The molecule has 41 heavy (non-hydrogen) atoms. The number of benzene rings is 2. The second-order valence-corrected chi connectivity index (χ2v) is 11.8. The summed E-state index contributed by atoms with van der Waals surface area (Å²) in [6, 6.07) is 15.6. The fraction of sp³-hybridized carbons (Fsp3) is 0.375. The van der Waals surface area contributed by atoms with Crippen LogP contribution in [0.4, 0.5) is 23.2 Å². The molecule has 2 heterocycles. The van der Waals surface area contributed by atoms with Crippen molar-refractivity contribution in [1.82, 2.24) is 15.2 Å². The van der Waals surface area contributed by atoms with Crippen molar-refractivity contribution in [2.45, 2.75) is 44.7 Å². The summed E-state index contributed by atoms with van der Waals surface area (Å²) in [5.74, 6) is -2.85. The minimum atomic E-state index is -4.39. The van der Waals surface area contributed by atoms with Gasteiger partial charge in [-0.2, -0.15) is 13.2 Å². The van der Waals surface area contributed by atoms with Gasteiger partial charge in [0.1, 0.15) is 5.82 Å². The molecular formula is C32H30F4N4O. The number of anilines is 1. The van der Waals surface area contributed by atoms with Gasteiger partial charge in [-0.05, 0) is 79.6 Å². The maximum atomic E-state index is 14.5. The fourth-order valence-corrected chi connectivity index (χ4v) is 7.54. The summed E-state index contributed by atoms with van der Waals surface area (Å²) in [7, 11) is 2.00. The number of fused-ring (bicyclic) bond motifs is 3. The van der Waals surface area contributed by atoms with Crippen molar-refractivity contribution >= 4 is 5.69 Å². The average molecular weight is 563 g/mol. The van der Waals surface area contributed by atoms with E-state index in [0.29, 0.717) is 24.9 Å². The third-order valence-electron chi connectivity index (χ3n) is 9.40. The molecule has 0 radical (unpaired) electrons. The first-order chi connectivity index (χ1) is 19.6. The first kappa shape index (κ1) is 26.2. The zero-order chi connectivity index (χ0) is 28.5. The van der Waals surface area contributed by atoms with Crippen LogP contribution in [0.2, 0.25) is 0 Å². The largest absolute Gasteiger partial charge is 0.420 e. The van der Waals surface area contributed by atoms with E-state index in [1.165, 1.54) is 23.3 Å². The lowest BCUT2D eigenvalue weighted by molar-refractivity contribution is -0.187. The van der Waals surface area contributed by atoms with Gasteiger partial charge in [0.05, 0.1) is 23.2 Å². The number of hydrogen-bond donors (Lipinski definition) is 0. The maximum absolute atomic E-state index is 14.5. The molecule has 0 bridgehead atoms. The van der Waals surface area contributed by atoms with Gasteiger partial charge in [0, 0.05) is 24.6 Å². The van der Waals surface area contributed by atoms with E-state index in [1.54, 1.807) is 12.1 Å². The lowest BCUT2D eigenvalue weighted by atomic mass is 9.54.